The van der Waals surface area contributed by atoms with Crippen LogP contribution in [0.1, 0.15) is 50.6 Å². The van der Waals surface area contributed by atoms with Gasteiger partial charge in [-0.3, -0.25) is 4.79 Å². The summed E-state index contributed by atoms with van der Waals surface area (Å²) in [5.74, 6) is 0.520. The number of aliphatic hydroxyl groups is 1. The van der Waals surface area contributed by atoms with E-state index in [1.54, 1.807) is 0 Å². The Labute approximate surface area is 127 Å². The van der Waals surface area contributed by atoms with Gasteiger partial charge in [-0.25, -0.2) is 0 Å². The van der Waals surface area contributed by atoms with E-state index in [0.29, 0.717) is 18.9 Å². The number of hydrogen-bond acceptors (Lipinski definition) is 3. The lowest BCUT2D eigenvalue weighted by Crippen LogP contribution is -2.31. The molecule has 0 spiro atoms. The summed E-state index contributed by atoms with van der Waals surface area (Å²) in [5.41, 5.74) is 6.54. The van der Waals surface area contributed by atoms with Crippen molar-refractivity contribution in [2.45, 2.75) is 45.1 Å². The highest BCUT2D eigenvalue weighted by molar-refractivity contribution is 5.76. The largest absolute Gasteiger partial charge is 0.394 e. The second-order valence-electron chi connectivity index (χ2n) is 5.48. The van der Waals surface area contributed by atoms with Crippen LogP contribution >= 0.6 is 0 Å². The lowest BCUT2D eigenvalue weighted by Gasteiger charge is -2.18. The van der Waals surface area contributed by atoms with E-state index in [4.69, 9.17) is 5.73 Å². The molecular formula is C17H28N2O2. The third kappa shape index (κ3) is 6.74. The molecule has 0 bridgehead atoms. The zero-order chi connectivity index (χ0) is 15.5. The minimum Gasteiger partial charge on any atom is -0.394 e. The van der Waals surface area contributed by atoms with E-state index < -0.39 is 0 Å². The Balaban J connectivity index is 2.44. The first-order valence-corrected chi connectivity index (χ1v) is 7.86. The molecule has 1 amide bonds. The van der Waals surface area contributed by atoms with E-state index in [9.17, 15) is 9.90 Å². The molecule has 4 nitrogen and oxygen atoms in total. The van der Waals surface area contributed by atoms with Crippen molar-refractivity contribution in [3.63, 3.8) is 0 Å². The van der Waals surface area contributed by atoms with Gasteiger partial charge >= 0.3 is 0 Å². The van der Waals surface area contributed by atoms with E-state index in [1.807, 2.05) is 30.3 Å². The third-order valence-electron chi connectivity index (χ3n) is 3.77. The van der Waals surface area contributed by atoms with Crippen molar-refractivity contribution in [1.82, 2.24) is 5.32 Å². The van der Waals surface area contributed by atoms with Crippen LogP contribution in [0.4, 0.5) is 0 Å². The number of nitrogens with two attached hydrogens (primary N) is 1. The molecule has 4 N–H and O–H groups in total. The van der Waals surface area contributed by atoms with E-state index in [2.05, 4.69) is 12.2 Å². The van der Waals surface area contributed by atoms with Crippen molar-refractivity contribution >= 4 is 5.91 Å². The lowest BCUT2D eigenvalue weighted by molar-refractivity contribution is -0.122. The molecule has 1 aromatic carbocycles. The van der Waals surface area contributed by atoms with Gasteiger partial charge in [0.25, 0.3) is 0 Å². The monoisotopic (exact) mass is 292 g/mol. The second kappa shape index (κ2) is 10.4. The highest BCUT2D eigenvalue weighted by Crippen LogP contribution is 2.18. The number of aliphatic hydroxyl groups excluding tert-OH is 1. The predicted octanol–water partition coefficient (Wildman–Crippen LogP) is 2.38. The molecule has 0 aliphatic carbocycles. The maximum Gasteiger partial charge on any atom is 0.220 e. The zero-order valence-electron chi connectivity index (χ0n) is 12.9. The SMILES string of the molecule is CCCC(CCN)CCC(=O)N[C@H](CO)c1ccccc1. The van der Waals surface area contributed by atoms with Crippen LogP contribution in [-0.4, -0.2) is 24.2 Å². The van der Waals surface area contributed by atoms with Gasteiger partial charge < -0.3 is 16.2 Å². The fourth-order valence-electron chi connectivity index (χ4n) is 2.60. The summed E-state index contributed by atoms with van der Waals surface area (Å²) in [6.07, 6.45) is 4.57. The van der Waals surface area contributed by atoms with Gasteiger partial charge in [-0.1, -0.05) is 50.1 Å². The normalized spacial score (nSPS) is 13.7. The summed E-state index contributed by atoms with van der Waals surface area (Å²) < 4.78 is 0. The van der Waals surface area contributed by atoms with Crippen LogP contribution in [0.15, 0.2) is 30.3 Å². The highest BCUT2D eigenvalue weighted by Gasteiger charge is 2.15. The fraction of sp³-hybridized carbons (Fsp3) is 0.588. The quantitative estimate of drug-likeness (QED) is 0.620. The summed E-state index contributed by atoms with van der Waals surface area (Å²) in [7, 11) is 0. The van der Waals surface area contributed by atoms with Crippen molar-refractivity contribution in [2.24, 2.45) is 11.7 Å². The van der Waals surface area contributed by atoms with Gasteiger partial charge in [-0.2, -0.15) is 0 Å². The number of amides is 1. The predicted molar refractivity (Wildman–Crippen MR) is 85.7 cm³/mol. The third-order valence-corrected chi connectivity index (χ3v) is 3.77. The summed E-state index contributed by atoms with van der Waals surface area (Å²) in [6.45, 7) is 2.74. The van der Waals surface area contributed by atoms with E-state index in [-0.39, 0.29) is 18.6 Å². The zero-order valence-corrected chi connectivity index (χ0v) is 12.9. The molecule has 0 aliphatic rings. The average molecular weight is 292 g/mol. The number of benzene rings is 1. The summed E-state index contributed by atoms with van der Waals surface area (Å²) in [6, 6.07) is 9.23. The Bertz CT molecular complexity index is 389. The molecule has 118 valence electrons. The summed E-state index contributed by atoms with van der Waals surface area (Å²) >= 11 is 0. The molecule has 21 heavy (non-hydrogen) atoms. The van der Waals surface area contributed by atoms with Crippen LogP contribution in [0.3, 0.4) is 0 Å². The molecule has 1 rings (SSSR count). The molecule has 0 saturated carbocycles. The number of rotatable bonds is 10. The van der Waals surface area contributed by atoms with Gasteiger partial charge in [0.1, 0.15) is 0 Å². The van der Waals surface area contributed by atoms with Crippen LogP contribution in [0.25, 0.3) is 0 Å². The molecule has 0 fully saturated rings. The van der Waals surface area contributed by atoms with Crippen molar-refractivity contribution in [3.8, 4) is 0 Å². The molecule has 0 saturated heterocycles. The van der Waals surface area contributed by atoms with Gasteiger partial charge in [-0.05, 0) is 30.9 Å². The van der Waals surface area contributed by atoms with Crippen molar-refractivity contribution in [1.29, 1.82) is 0 Å². The molecular weight excluding hydrogens is 264 g/mol. The maximum atomic E-state index is 12.0. The summed E-state index contributed by atoms with van der Waals surface area (Å²) in [5, 5.41) is 12.3. The van der Waals surface area contributed by atoms with Crippen LogP contribution in [0.2, 0.25) is 0 Å². The van der Waals surface area contributed by atoms with Crippen LogP contribution in [-0.2, 0) is 4.79 Å². The molecule has 0 heterocycles. The molecule has 4 heteroatoms. The maximum absolute atomic E-state index is 12.0. The van der Waals surface area contributed by atoms with Gasteiger partial charge in [0.05, 0.1) is 12.6 Å². The van der Waals surface area contributed by atoms with Crippen molar-refractivity contribution < 1.29 is 9.90 Å². The first kappa shape index (κ1) is 17.7. The van der Waals surface area contributed by atoms with Crippen LogP contribution in [0, 0.1) is 5.92 Å². The van der Waals surface area contributed by atoms with Gasteiger partial charge in [0, 0.05) is 6.42 Å². The number of hydrogen-bond donors (Lipinski definition) is 3. The van der Waals surface area contributed by atoms with Crippen LogP contribution in [0.5, 0.6) is 0 Å². The Hall–Kier alpha value is -1.39. The number of nitrogens with one attached hydrogen (secondary N) is 1. The van der Waals surface area contributed by atoms with E-state index >= 15 is 0 Å². The molecule has 2 atom stereocenters. The second-order valence-corrected chi connectivity index (χ2v) is 5.48. The Morgan fingerprint density at radius 3 is 2.52 bits per heavy atom. The van der Waals surface area contributed by atoms with Crippen LogP contribution < -0.4 is 11.1 Å². The molecule has 1 aromatic rings. The molecule has 1 unspecified atom stereocenters. The smallest absolute Gasteiger partial charge is 0.220 e. The topological polar surface area (TPSA) is 75.4 Å². The first-order chi connectivity index (χ1) is 10.2. The number of carbonyl (C=O) groups is 1. The lowest BCUT2D eigenvalue weighted by atomic mass is 9.94. The average Bonchev–Trinajstić information content (AvgIpc) is 2.51. The standard InChI is InChI=1S/C17H28N2O2/c1-2-6-14(11-12-18)9-10-17(21)19-16(13-20)15-7-4-3-5-8-15/h3-5,7-8,14,16,20H,2,6,9-13,18H2,1H3,(H,19,21)/t14?,16-/m1/s1. The van der Waals surface area contributed by atoms with Crippen molar-refractivity contribution in [3.05, 3.63) is 35.9 Å². The molecule has 0 radical (unpaired) electrons. The highest BCUT2D eigenvalue weighted by atomic mass is 16.3. The Morgan fingerprint density at radius 2 is 1.95 bits per heavy atom. The van der Waals surface area contributed by atoms with E-state index in [1.165, 1.54) is 0 Å². The fourth-order valence-corrected chi connectivity index (χ4v) is 2.60. The van der Waals surface area contributed by atoms with Gasteiger partial charge in [0.2, 0.25) is 5.91 Å². The molecule has 0 aliphatic heterocycles. The van der Waals surface area contributed by atoms with Crippen molar-refractivity contribution in [2.75, 3.05) is 13.2 Å². The number of carbonyl (C=O) groups excluding carboxylic acids is 1. The Morgan fingerprint density at radius 1 is 1.24 bits per heavy atom. The Kier molecular flexibility index (Phi) is 8.71. The van der Waals surface area contributed by atoms with Gasteiger partial charge in [0.15, 0.2) is 0 Å². The minimum atomic E-state index is -0.321. The minimum absolute atomic E-state index is 0.00368. The first-order valence-electron chi connectivity index (χ1n) is 7.86. The van der Waals surface area contributed by atoms with Gasteiger partial charge in [-0.15, -0.1) is 0 Å². The summed E-state index contributed by atoms with van der Waals surface area (Å²) in [4.78, 5) is 12.0. The molecule has 0 aromatic heterocycles. The van der Waals surface area contributed by atoms with E-state index in [0.717, 1.165) is 31.2 Å².